The van der Waals surface area contributed by atoms with Gasteiger partial charge in [0.05, 0.1) is 13.2 Å². The second-order valence-electron chi connectivity index (χ2n) is 4.21. The summed E-state index contributed by atoms with van der Waals surface area (Å²) < 4.78 is 5.12. The van der Waals surface area contributed by atoms with Gasteiger partial charge in [-0.15, -0.1) is 11.3 Å². The van der Waals surface area contributed by atoms with Crippen LogP contribution < -0.4 is 10.1 Å². The van der Waals surface area contributed by atoms with Gasteiger partial charge in [-0.25, -0.2) is 0 Å². The smallest absolute Gasteiger partial charge is 0.266 e. The summed E-state index contributed by atoms with van der Waals surface area (Å²) >= 11 is 1.29. The highest BCUT2D eigenvalue weighted by Crippen LogP contribution is 2.25. The Morgan fingerprint density at radius 2 is 2.15 bits per heavy atom. The van der Waals surface area contributed by atoms with Crippen LogP contribution in [0, 0.1) is 18.3 Å². The van der Waals surface area contributed by atoms with Crippen LogP contribution in [0.15, 0.2) is 35.7 Å². The molecule has 0 spiro atoms. The van der Waals surface area contributed by atoms with Crippen molar-refractivity contribution in [2.45, 2.75) is 13.0 Å². The van der Waals surface area contributed by atoms with Crippen molar-refractivity contribution in [3.63, 3.8) is 0 Å². The van der Waals surface area contributed by atoms with Gasteiger partial charge in [0, 0.05) is 0 Å². The Kier molecular flexibility index (Phi) is 4.38. The average molecular weight is 286 g/mol. The molecule has 0 saturated heterocycles. The number of carbonyl (C=O) groups is 1. The van der Waals surface area contributed by atoms with Crippen molar-refractivity contribution in [2.75, 3.05) is 7.11 Å². The van der Waals surface area contributed by atoms with Gasteiger partial charge in [0.25, 0.3) is 5.91 Å². The number of carbonyl (C=O) groups excluding carboxylic acids is 1. The molecule has 102 valence electrons. The molecule has 0 saturated carbocycles. The first-order valence-electron chi connectivity index (χ1n) is 6.05. The van der Waals surface area contributed by atoms with Crippen LogP contribution in [0.2, 0.25) is 0 Å². The van der Waals surface area contributed by atoms with Crippen LogP contribution >= 0.6 is 11.3 Å². The van der Waals surface area contributed by atoms with Crippen molar-refractivity contribution in [1.82, 2.24) is 5.32 Å². The summed E-state index contributed by atoms with van der Waals surface area (Å²) in [4.78, 5) is 12.7. The van der Waals surface area contributed by atoms with Crippen LogP contribution in [0.25, 0.3) is 0 Å². The zero-order valence-electron chi connectivity index (χ0n) is 11.2. The first-order chi connectivity index (χ1) is 9.67. The monoisotopic (exact) mass is 286 g/mol. The summed E-state index contributed by atoms with van der Waals surface area (Å²) in [6.07, 6.45) is 0. The number of aryl methyl sites for hydroxylation is 1. The van der Waals surface area contributed by atoms with Crippen molar-refractivity contribution in [3.8, 4) is 11.8 Å². The van der Waals surface area contributed by atoms with Gasteiger partial charge in [-0.05, 0) is 29.5 Å². The summed E-state index contributed by atoms with van der Waals surface area (Å²) in [6, 6.07) is 10.7. The predicted molar refractivity (Wildman–Crippen MR) is 77.9 cm³/mol. The summed E-state index contributed by atoms with van der Waals surface area (Å²) in [6.45, 7) is 1.91. The first-order valence-corrected chi connectivity index (χ1v) is 6.92. The van der Waals surface area contributed by atoms with Crippen LogP contribution in [0.5, 0.6) is 5.75 Å². The maximum Gasteiger partial charge on any atom is 0.266 e. The van der Waals surface area contributed by atoms with Gasteiger partial charge in [0.2, 0.25) is 0 Å². The summed E-state index contributed by atoms with van der Waals surface area (Å²) in [5, 5.41) is 13.8. The van der Waals surface area contributed by atoms with Crippen molar-refractivity contribution >= 4 is 17.2 Å². The average Bonchev–Trinajstić information content (AvgIpc) is 2.94. The lowest BCUT2D eigenvalue weighted by Crippen LogP contribution is -2.27. The number of rotatable bonds is 4. The third kappa shape index (κ3) is 2.81. The molecule has 1 N–H and O–H groups in total. The Labute approximate surface area is 121 Å². The third-order valence-corrected chi connectivity index (χ3v) is 3.85. The highest BCUT2D eigenvalue weighted by molar-refractivity contribution is 7.12. The van der Waals surface area contributed by atoms with Crippen LogP contribution in [-0.4, -0.2) is 13.0 Å². The lowest BCUT2D eigenvalue weighted by atomic mass is 10.0. The molecule has 0 unspecified atom stereocenters. The van der Waals surface area contributed by atoms with E-state index in [-0.39, 0.29) is 5.91 Å². The molecule has 0 aliphatic heterocycles. The molecular formula is C15H14N2O2S. The molecular weight excluding hydrogens is 272 g/mol. The van der Waals surface area contributed by atoms with Crippen molar-refractivity contribution < 1.29 is 9.53 Å². The van der Waals surface area contributed by atoms with Gasteiger partial charge in [-0.2, -0.15) is 5.26 Å². The van der Waals surface area contributed by atoms with E-state index in [4.69, 9.17) is 4.74 Å². The molecule has 4 nitrogen and oxygen atoms in total. The van der Waals surface area contributed by atoms with Gasteiger partial charge in [0.1, 0.15) is 16.7 Å². The normalized spacial score (nSPS) is 11.4. The topological polar surface area (TPSA) is 62.1 Å². The van der Waals surface area contributed by atoms with Crippen molar-refractivity contribution in [3.05, 3.63) is 51.7 Å². The second-order valence-corrected chi connectivity index (χ2v) is 5.13. The lowest BCUT2D eigenvalue weighted by molar-refractivity contribution is 0.0946. The molecule has 5 heteroatoms. The minimum absolute atomic E-state index is 0.299. The van der Waals surface area contributed by atoms with E-state index in [2.05, 4.69) is 11.4 Å². The Morgan fingerprint density at radius 1 is 1.40 bits per heavy atom. The van der Waals surface area contributed by atoms with E-state index in [0.29, 0.717) is 10.6 Å². The zero-order valence-corrected chi connectivity index (χ0v) is 12.0. The molecule has 1 atom stereocenters. The van der Waals surface area contributed by atoms with Crippen LogP contribution in [0.4, 0.5) is 0 Å². The van der Waals surface area contributed by atoms with Gasteiger partial charge in [0.15, 0.2) is 0 Å². The molecule has 0 radical (unpaired) electrons. The Bertz CT molecular complexity index is 658. The predicted octanol–water partition coefficient (Wildman–Crippen LogP) is 3.06. The molecule has 0 aliphatic rings. The maximum atomic E-state index is 12.2. The Hall–Kier alpha value is -2.32. The fourth-order valence-electron chi connectivity index (χ4n) is 1.91. The van der Waals surface area contributed by atoms with Crippen LogP contribution in [0.1, 0.15) is 26.8 Å². The first kappa shape index (κ1) is 14.1. The van der Waals surface area contributed by atoms with Gasteiger partial charge >= 0.3 is 0 Å². The molecule has 0 aliphatic carbocycles. The Morgan fingerprint density at radius 3 is 2.80 bits per heavy atom. The number of thiophene rings is 1. The number of ether oxygens (including phenoxy) is 1. The molecule has 20 heavy (non-hydrogen) atoms. The van der Waals surface area contributed by atoms with E-state index >= 15 is 0 Å². The second kappa shape index (κ2) is 6.22. The third-order valence-electron chi connectivity index (χ3n) is 2.96. The molecule has 0 fully saturated rings. The Balaban J connectivity index is 2.22. The minimum Gasteiger partial charge on any atom is -0.495 e. The number of nitrogens with one attached hydrogen (secondary N) is 1. The van der Waals surface area contributed by atoms with E-state index in [1.54, 1.807) is 11.4 Å². The highest BCUT2D eigenvalue weighted by atomic mass is 32.1. The van der Waals surface area contributed by atoms with E-state index in [9.17, 15) is 10.1 Å². The number of amides is 1. The largest absolute Gasteiger partial charge is 0.495 e. The lowest BCUT2D eigenvalue weighted by Gasteiger charge is -2.14. The van der Waals surface area contributed by atoms with Gasteiger partial charge in [-0.1, -0.05) is 24.3 Å². The number of hydrogen-bond donors (Lipinski definition) is 1. The summed E-state index contributed by atoms with van der Waals surface area (Å²) in [5.74, 6) is 0.223. The van der Waals surface area contributed by atoms with Gasteiger partial charge in [-0.3, -0.25) is 4.79 Å². The molecule has 1 amide bonds. The van der Waals surface area contributed by atoms with E-state index in [1.807, 2.05) is 31.2 Å². The fraction of sp³-hybridized carbons (Fsp3) is 0.200. The standard InChI is InChI=1S/C15H14N2O2S/c1-10-5-3-4-6-11(10)12(9-16)17-15(18)14-13(19-2)7-8-20-14/h3-8,12H,1-2H3,(H,17,18)/t12-/m0/s1. The van der Waals surface area contributed by atoms with E-state index in [0.717, 1.165) is 11.1 Å². The van der Waals surface area contributed by atoms with E-state index < -0.39 is 6.04 Å². The zero-order chi connectivity index (χ0) is 14.5. The van der Waals surface area contributed by atoms with Crippen LogP contribution in [-0.2, 0) is 0 Å². The fourth-order valence-corrected chi connectivity index (χ4v) is 2.67. The SMILES string of the molecule is COc1ccsc1C(=O)N[C@@H](C#N)c1ccccc1C. The molecule has 1 aromatic carbocycles. The number of nitriles is 1. The van der Waals surface area contributed by atoms with Gasteiger partial charge < -0.3 is 10.1 Å². The molecule has 2 rings (SSSR count). The molecule has 0 bridgehead atoms. The number of nitrogens with zero attached hydrogens (tertiary/aromatic N) is 1. The molecule has 1 heterocycles. The number of benzene rings is 1. The summed E-state index contributed by atoms with van der Waals surface area (Å²) in [7, 11) is 1.52. The maximum absolute atomic E-state index is 12.2. The number of methoxy groups -OCH3 is 1. The van der Waals surface area contributed by atoms with Crippen molar-refractivity contribution in [1.29, 1.82) is 5.26 Å². The highest BCUT2D eigenvalue weighted by Gasteiger charge is 2.20. The summed E-state index contributed by atoms with van der Waals surface area (Å²) in [5.41, 5.74) is 1.77. The van der Waals surface area contributed by atoms with Crippen LogP contribution in [0.3, 0.4) is 0 Å². The molecule has 1 aromatic heterocycles. The van der Waals surface area contributed by atoms with E-state index in [1.165, 1.54) is 18.4 Å². The van der Waals surface area contributed by atoms with Crippen molar-refractivity contribution in [2.24, 2.45) is 0 Å². The number of hydrogen-bond acceptors (Lipinski definition) is 4. The minimum atomic E-state index is -0.671. The molecule has 2 aromatic rings. The quantitative estimate of drug-likeness (QED) is 0.939.